The molecular formula is C18H22N2O2S2. The highest BCUT2D eigenvalue weighted by Gasteiger charge is 2.24. The highest BCUT2D eigenvalue weighted by atomic mass is 32.1. The number of benzene rings is 1. The van der Waals surface area contributed by atoms with Crippen molar-refractivity contribution in [2.75, 3.05) is 25.5 Å². The molecule has 1 N–H and O–H groups in total. The number of ether oxygens (including phenoxy) is 1. The van der Waals surface area contributed by atoms with Gasteiger partial charge in [0.15, 0.2) is 5.11 Å². The van der Waals surface area contributed by atoms with Crippen molar-refractivity contribution in [2.45, 2.75) is 20.8 Å². The molecule has 0 fully saturated rings. The van der Waals surface area contributed by atoms with E-state index in [1.54, 1.807) is 0 Å². The molecule has 0 radical (unpaired) electrons. The Labute approximate surface area is 152 Å². The molecule has 6 heteroatoms. The molecule has 1 aromatic heterocycles. The molecule has 1 heterocycles. The number of anilines is 1. The molecule has 0 aliphatic carbocycles. The number of esters is 1. The molecule has 0 aliphatic heterocycles. The summed E-state index contributed by atoms with van der Waals surface area (Å²) in [5.74, 6) is -0.358. The Bertz CT molecular complexity index is 722. The summed E-state index contributed by atoms with van der Waals surface area (Å²) >= 11 is 7.00. The van der Waals surface area contributed by atoms with Gasteiger partial charge < -0.3 is 15.0 Å². The minimum Gasteiger partial charge on any atom is -0.465 e. The van der Waals surface area contributed by atoms with Crippen molar-refractivity contribution >= 4 is 39.6 Å². The minimum atomic E-state index is -0.358. The number of nitrogens with one attached hydrogen (secondary N) is 1. The number of rotatable bonds is 5. The molecule has 0 amide bonds. The number of carbonyl (C=O) groups is 1. The van der Waals surface area contributed by atoms with Gasteiger partial charge >= 0.3 is 5.97 Å². The van der Waals surface area contributed by atoms with E-state index in [0.717, 1.165) is 34.1 Å². The van der Waals surface area contributed by atoms with E-state index in [4.69, 9.17) is 17.0 Å². The van der Waals surface area contributed by atoms with Gasteiger partial charge in [0.2, 0.25) is 0 Å². The third-order valence-electron chi connectivity index (χ3n) is 3.81. The third kappa shape index (κ3) is 3.76. The van der Waals surface area contributed by atoms with Gasteiger partial charge in [-0.3, -0.25) is 0 Å². The molecule has 2 aromatic rings. The van der Waals surface area contributed by atoms with Gasteiger partial charge in [0, 0.05) is 23.5 Å². The quantitative estimate of drug-likeness (QED) is 0.624. The van der Waals surface area contributed by atoms with Crippen LogP contribution < -0.4 is 5.32 Å². The van der Waals surface area contributed by atoms with Gasteiger partial charge in [-0.1, -0.05) is 30.3 Å². The van der Waals surface area contributed by atoms with Crippen LogP contribution in [0.5, 0.6) is 0 Å². The zero-order valence-electron chi connectivity index (χ0n) is 14.4. The van der Waals surface area contributed by atoms with Crippen LogP contribution in [0.2, 0.25) is 0 Å². The molecule has 0 saturated heterocycles. The van der Waals surface area contributed by atoms with E-state index in [2.05, 4.69) is 5.32 Å². The molecule has 1 aromatic carbocycles. The van der Waals surface area contributed by atoms with Crippen molar-refractivity contribution in [3.05, 3.63) is 40.8 Å². The van der Waals surface area contributed by atoms with E-state index in [1.807, 2.05) is 56.0 Å². The molecule has 24 heavy (non-hydrogen) atoms. The van der Waals surface area contributed by atoms with E-state index >= 15 is 0 Å². The van der Waals surface area contributed by atoms with Gasteiger partial charge in [-0.25, -0.2) is 4.79 Å². The number of methoxy groups -OCH3 is 1. The van der Waals surface area contributed by atoms with Gasteiger partial charge in [-0.15, -0.1) is 11.3 Å². The van der Waals surface area contributed by atoms with Gasteiger partial charge in [0.1, 0.15) is 10.6 Å². The molecular weight excluding hydrogens is 340 g/mol. The summed E-state index contributed by atoms with van der Waals surface area (Å²) in [5, 5.41) is 4.58. The van der Waals surface area contributed by atoms with Crippen LogP contribution in [0.25, 0.3) is 11.1 Å². The van der Waals surface area contributed by atoms with E-state index in [9.17, 15) is 4.79 Å². The third-order valence-corrected chi connectivity index (χ3v) is 5.19. The standard InChI is InChI=1S/C18H22N2O2S2/c1-5-20(6-2)18(23)19-16-15(17(21)22-4)14(12(3)24-16)13-10-8-7-9-11-13/h7-11H,5-6H2,1-4H3,(H,19,23). The predicted molar refractivity (Wildman–Crippen MR) is 105 cm³/mol. The van der Waals surface area contributed by atoms with Gasteiger partial charge in [-0.05, 0) is 38.6 Å². The van der Waals surface area contributed by atoms with Crippen molar-refractivity contribution < 1.29 is 9.53 Å². The summed E-state index contributed by atoms with van der Waals surface area (Å²) in [4.78, 5) is 15.5. The van der Waals surface area contributed by atoms with Crippen LogP contribution in [-0.2, 0) is 4.74 Å². The zero-order valence-corrected chi connectivity index (χ0v) is 16.0. The maximum atomic E-state index is 12.4. The molecule has 128 valence electrons. The molecule has 0 aliphatic rings. The van der Waals surface area contributed by atoms with Crippen molar-refractivity contribution in [3.63, 3.8) is 0 Å². The van der Waals surface area contributed by atoms with Gasteiger partial charge in [-0.2, -0.15) is 0 Å². The molecule has 2 rings (SSSR count). The second-order valence-corrected chi connectivity index (χ2v) is 6.81. The summed E-state index contributed by atoms with van der Waals surface area (Å²) < 4.78 is 5.02. The zero-order chi connectivity index (χ0) is 17.7. The van der Waals surface area contributed by atoms with Crippen LogP contribution in [0.1, 0.15) is 29.1 Å². The molecule has 0 spiro atoms. The monoisotopic (exact) mass is 362 g/mol. The summed E-state index contributed by atoms with van der Waals surface area (Å²) in [6.45, 7) is 7.73. The molecule has 4 nitrogen and oxygen atoms in total. The van der Waals surface area contributed by atoms with E-state index in [1.165, 1.54) is 18.4 Å². The van der Waals surface area contributed by atoms with Crippen LogP contribution in [0, 0.1) is 6.92 Å². The molecule has 0 atom stereocenters. The topological polar surface area (TPSA) is 41.6 Å². The second kappa shape index (κ2) is 8.26. The highest BCUT2D eigenvalue weighted by Crippen LogP contribution is 2.40. The summed E-state index contributed by atoms with van der Waals surface area (Å²) in [5.41, 5.74) is 2.44. The van der Waals surface area contributed by atoms with Crippen molar-refractivity contribution in [2.24, 2.45) is 0 Å². The highest BCUT2D eigenvalue weighted by molar-refractivity contribution is 7.80. The number of aryl methyl sites for hydroxylation is 1. The number of hydrogen-bond donors (Lipinski definition) is 1. The lowest BCUT2D eigenvalue weighted by atomic mass is 10.0. The lowest BCUT2D eigenvalue weighted by Crippen LogP contribution is -2.34. The van der Waals surface area contributed by atoms with Gasteiger partial charge in [0.05, 0.1) is 7.11 Å². The maximum absolute atomic E-state index is 12.4. The Morgan fingerprint density at radius 1 is 1.25 bits per heavy atom. The maximum Gasteiger partial charge on any atom is 0.341 e. The Morgan fingerprint density at radius 3 is 2.42 bits per heavy atom. The first-order valence-corrected chi connectivity index (χ1v) is 9.08. The van der Waals surface area contributed by atoms with Crippen LogP contribution >= 0.6 is 23.6 Å². The number of thiocarbonyl (C=S) groups is 1. The first kappa shape index (κ1) is 18.4. The summed E-state index contributed by atoms with van der Waals surface area (Å²) in [6.07, 6.45) is 0. The van der Waals surface area contributed by atoms with E-state index in [0.29, 0.717) is 10.7 Å². The van der Waals surface area contributed by atoms with Crippen LogP contribution in [0.4, 0.5) is 5.00 Å². The average molecular weight is 363 g/mol. The van der Waals surface area contributed by atoms with Crippen LogP contribution in [0.15, 0.2) is 30.3 Å². The molecule has 0 unspecified atom stereocenters. The average Bonchev–Trinajstić information content (AvgIpc) is 2.91. The lowest BCUT2D eigenvalue weighted by Gasteiger charge is -2.22. The molecule has 0 saturated carbocycles. The Balaban J connectivity index is 2.50. The fourth-order valence-corrected chi connectivity index (χ4v) is 4.06. The number of carbonyl (C=O) groups excluding carboxylic acids is 1. The fourth-order valence-electron chi connectivity index (χ4n) is 2.57. The van der Waals surface area contributed by atoms with Crippen molar-refractivity contribution in [1.82, 2.24) is 4.90 Å². The van der Waals surface area contributed by atoms with Gasteiger partial charge in [0.25, 0.3) is 0 Å². The predicted octanol–water partition coefficient (Wildman–Crippen LogP) is 4.55. The normalized spacial score (nSPS) is 10.3. The Hall–Kier alpha value is -1.92. The van der Waals surface area contributed by atoms with E-state index < -0.39 is 0 Å². The smallest absolute Gasteiger partial charge is 0.341 e. The lowest BCUT2D eigenvalue weighted by molar-refractivity contribution is 0.0603. The number of nitrogens with zero attached hydrogens (tertiary/aromatic N) is 1. The van der Waals surface area contributed by atoms with Crippen LogP contribution in [0.3, 0.4) is 0 Å². The van der Waals surface area contributed by atoms with E-state index in [-0.39, 0.29) is 5.97 Å². The Morgan fingerprint density at radius 2 is 1.88 bits per heavy atom. The minimum absolute atomic E-state index is 0.358. The SMILES string of the molecule is CCN(CC)C(=S)Nc1sc(C)c(-c2ccccc2)c1C(=O)OC. The van der Waals surface area contributed by atoms with Crippen molar-refractivity contribution in [1.29, 1.82) is 0 Å². The second-order valence-electron chi connectivity index (χ2n) is 5.20. The van der Waals surface area contributed by atoms with Crippen molar-refractivity contribution in [3.8, 4) is 11.1 Å². The number of hydrogen-bond acceptors (Lipinski definition) is 4. The van der Waals surface area contributed by atoms with Crippen LogP contribution in [-0.4, -0.2) is 36.2 Å². The largest absolute Gasteiger partial charge is 0.465 e. The summed E-state index contributed by atoms with van der Waals surface area (Å²) in [7, 11) is 1.40. The number of thiophene rings is 1. The first-order valence-electron chi connectivity index (χ1n) is 7.86. The summed E-state index contributed by atoms with van der Waals surface area (Å²) in [6, 6.07) is 9.86. The first-order chi connectivity index (χ1) is 11.5. The fraction of sp³-hybridized carbons (Fsp3) is 0.333. The molecule has 0 bridgehead atoms. The Kier molecular flexibility index (Phi) is 6.34.